The van der Waals surface area contributed by atoms with Crippen molar-refractivity contribution in [2.45, 2.75) is 50.0 Å². The third kappa shape index (κ3) is 4.09. The summed E-state index contributed by atoms with van der Waals surface area (Å²) in [5.74, 6) is -2.41. The fraction of sp³-hybridized carbons (Fsp3) is 0.654. The number of fused-ring (bicyclic) bond motifs is 1. The van der Waals surface area contributed by atoms with E-state index in [1.807, 2.05) is 25.1 Å². The molecular formula is C26H36N4O6. The van der Waals surface area contributed by atoms with E-state index in [0.717, 1.165) is 13.1 Å². The van der Waals surface area contributed by atoms with Gasteiger partial charge in [0.1, 0.15) is 11.6 Å². The van der Waals surface area contributed by atoms with Crippen LogP contribution in [0.3, 0.4) is 0 Å². The van der Waals surface area contributed by atoms with Gasteiger partial charge < -0.3 is 30.1 Å². The standard InChI is InChI=1S/C26H36N4O6/c1-17(16-31)30-21(23(33)27-10-11-29-12-14-35-15-13-29)26-9-8-25(2,36-26)19(20(26)24(30)34)22(32)28-18-6-4-3-5-7-18/h3-7,17,19-21,31H,8-16H2,1-2H3,(H,27,33)(H,28,32)/t17-,19-,20+,21?,25+,26?/m1/s1. The lowest BCUT2D eigenvalue weighted by Gasteiger charge is -2.36. The van der Waals surface area contributed by atoms with Crippen LogP contribution in [-0.4, -0.2) is 102 Å². The summed E-state index contributed by atoms with van der Waals surface area (Å²) in [6.45, 7) is 7.40. The minimum Gasteiger partial charge on any atom is -0.394 e. The molecule has 196 valence electrons. The number of ether oxygens (including phenoxy) is 2. The Morgan fingerprint density at radius 2 is 1.89 bits per heavy atom. The number of anilines is 1. The molecule has 0 aliphatic carbocycles. The first-order valence-electron chi connectivity index (χ1n) is 12.9. The Balaban J connectivity index is 1.39. The summed E-state index contributed by atoms with van der Waals surface area (Å²) >= 11 is 0. The molecule has 0 radical (unpaired) electrons. The van der Waals surface area contributed by atoms with E-state index in [0.29, 0.717) is 44.8 Å². The largest absolute Gasteiger partial charge is 0.394 e. The fourth-order valence-electron chi connectivity index (χ4n) is 6.63. The minimum atomic E-state index is -1.10. The Bertz CT molecular complexity index is 1000. The normalized spacial score (nSPS) is 34.5. The van der Waals surface area contributed by atoms with Crippen molar-refractivity contribution in [3.8, 4) is 0 Å². The zero-order chi connectivity index (χ0) is 25.5. The summed E-state index contributed by atoms with van der Waals surface area (Å²) in [5.41, 5.74) is -1.30. The molecule has 4 saturated heterocycles. The van der Waals surface area contributed by atoms with Crippen LogP contribution in [0, 0.1) is 11.8 Å². The number of aliphatic hydroxyl groups excluding tert-OH is 1. The van der Waals surface area contributed by atoms with Crippen LogP contribution in [-0.2, 0) is 23.9 Å². The van der Waals surface area contributed by atoms with E-state index in [1.165, 1.54) is 4.90 Å². The van der Waals surface area contributed by atoms with Crippen molar-refractivity contribution in [2.75, 3.05) is 51.3 Å². The van der Waals surface area contributed by atoms with Gasteiger partial charge in [-0.1, -0.05) is 18.2 Å². The van der Waals surface area contributed by atoms with Crippen LogP contribution in [0.5, 0.6) is 0 Å². The molecule has 6 atom stereocenters. The molecule has 4 aliphatic heterocycles. The van der Waals surface area contributed by atoms with Crippen LogP contribution in [0.2, 0.25) is 0 Å². The van der Waals surface area contributed by atoms with Gasteiger partial charge in [-0.05, 0) is 38.8 Å². The zero-order valence-corrected chi connectivity index (χ0v) is 20.9. The molecule has 3 amide bonds. The van der Waals surface area contributed by atoms with Crippen LogP contribution in [0.15, 0.2) is 30.3 Å². The molecule has 2 bridgehead atoms. The van der Waals surface area contributed by atoms with E-state index >= 15 is 0 Å². The Morgan fingerprint density at radius 1 is 1.17 bits per heavy atom. The van der Waals surface area contributed by atoms with Gasteiger partial charge >= 0.3 is 0 Å². The average Bonchev–Trinajstić information content (AvgIpc) is 3.45. The number of carbonyl (C=O) groups excluding carboxylic acids is 3. The number of morpholine rings is 1. The molecular weight excluding hydrogens is 464 g/mol. The van der Waals surface area contributed by atoms with Crippen LogP contribution in [0.1, 0.15) is 26.7 Å². The van der Waals surface area contributed by atoms with Crippen LogP contribution < -0.4 is 10.6 Å². The third-order valence-electron chi connectivity index (χ3n) is 8.36. The molecule has 4 aliphatic rings. The van der Waals surface area contributed by atoms with Crippen molar-refractivity contribution in [1.29, 1.82) is 0 Å². The number of likely N-dealkylation sites (tertiary alicyclic amines) is 1. The number of benzene rings is 1. The second-order valence-electron chi connectivity index (χ2n) is 10.6. The summed E-state index contributed by atoms with van der Waals surface area (Å²) in [4.78, 5) is 44.7. The maximum Gasteiger partial charge on any atom is 0.245 e. The molecule has 4 fully saturated rings. The number of nitrogens with one attached hydrogen (secondary N) is 2. The number of nitrogens with zero attached hydrogens (tertiary/aromatic N) is 2. The number of hydrogen-bond acceptors (Lipinski definition) is 7. The second kappa shape index (κ2) is 9.74. The molecule has 2 unspecified atom stereocenters. The molecule has 1 aromatic carbocycles. The average molecular weight is 501 g/mol. The molecule has 0 saturated carbocycles. The van der Waals surface area contributed by atoms with Crippen molar-refractivity contribution >= 4 is 23.4 Å². The summed E-state index contributed by atoms with van der Waals surface area (Å²) in [6, 6.07) is 7.64. The van der Waals surface area contributed by atoms with E-state index in [2.05, 4.69) is 15.5 Å². The van der Waals surface area contributed by atoms with Crippen molar-refractivity contribution in [2.24, 2.45) is 11.8 Å². The SMILES string of the molecule is C[C@H](CO)N1C(=O)[C@@H]2[C@H](C(=O)Nc3ccccc3)[C@]3(C)CCC2(O3)C1C(=O)NCCN1CCOCC1. The van der Waals surface area contributed by atoms with E-state index in [1.54, 1.807) is 19.1 Å². The lowest BCUT2D eigenvalue weighted by Crippen LogP contribution is -2.58. The number of rotatable bonds is 8. The van der Waals surface area contributed by atoms with Gasteiger partial charge in [-0.15, -0.1) is 0 Å². The Kier molecular flexibility index (Phi) is 6.80. The maximum absolute atomic E-state index is 13.9. The van der Waals surface area contributed by atoms with Crippen LogP contribution in [0.25, 0.3) is 0 Å². The third-order valence-corrected chi connectivity index (χ3v) is 8.36. The molecule has 4 heterocycles. The van der Waals surface area contributed by atoms with Gasteiger partial charge in [-0.25, -0.2) is 0 Å². The highest BCUT2D eigenvalue weighted by atomic mass is 16.5. The van der Waals surface area contributed by atoms with Crippen molar-refractivity contribution in [3.63, 3.8) is 0 Å². The van der Waals surface area contributed by atoms with Gasteiger partial charge in [-0.2, -0.15) is 0 Å². The topological polar surface area (TPSA) is 120 Å². The van der Waals surface area contributed by atoms with Crippen LogP contribution in [0.4, 0.5) is 5.69 Å². The lowest BCUT2D eigenvalue weighted by molar-refractivity contribution is -0.148. The predicted molar refractivity (Wildman–Crippen MR) is 131 cm³/mol. The highest BCUT2D eigenvalue weighted by Gasteiger charge is 2.78. The Labute approximate surface area is 211 Å². The highest BCUT2D eigenvalue weighted by Crippen LogP contribution is 2.63. The van der Waals surface area contributed by atoms with E-state index in [4.69, 9.17) is 9.47 Å². The van der Waals surface area contributed by atoms with Gasteiger partial charge in [0.2, 0.25) is 17.7 Å². The van der Waals surface area contributed by atoms with Crippen molar-refractivity contribution < 1.29 is 29.0 Å². The number of carbonyl (C=O) groups is 3. The number of aliphatic hydroxyl groups is 1. The quantitative estimate of drug-likeness (QED) is 0.467. The molecule has 3 N–H and O–H groups in total. The van der Waals surface area contributed by atoms with Gasteiger partial charge in [-0.3, -0.25) is 19.3 Å². The maximum atomic E-state index is 13.9. The number of hydrogen-bond donors (Lipinski definition) is 3. The second-order valence-corrected chi connectivity index (χ2v) is 10.6. The fourth-order valence-corrected chi connectivity index (χ4v) is 6.63. The molecule has 5 rings (SSSR count). The summed E-state index contributed by atoms with van der Waals surface area (Å²) in [5, 5.41) is 15.9. The van der Waals surface area contributed by atoms with Crippen molar-refractivity contribution in [1.82, 2.24) is 15.1 Å². The van der Waals surface area contributed by atoms with E-state index in [9.17, 15) is 19.5 Å². The minimum absolute atomic E-state index is 0.284. The molecule has 10 nitrogen and oxygen atoms in total. The predicted octanol–water partition coefficient (Wildman–Crippen LogP) is 0.219. The summed E-state index contributed by atoms with van der Waals surface area (Å²) < 4.78 is 12.0. The summed E-state index contributed by atoms with van der Waals surface area (Å²) in [6.07, 6.45) is 1.08. The number of para-hydroxylation sites is 1. The highest BCUT2D eigenvalue weighted by molar-refractivity contribution is 6.02. The molecule has 1 spiro atoms. The molecule has 1 aromatic rings. The first kappa shape index (κ1) is 25.1. The molecule has 10 heteroatoms. The van der Waals surface area contributed by atoms with E-state index < -0.39 is 35.1 Å². The monoisotopic (exact) mass is 500 g/mol. The first-order valence-corrected chi connectivity index (χ1v) is 12.9. The van der Waals surface area contributed by atoms with E-state index in [-0.39, 0.29) is 24.3 Å². The lowest BCUT2D eigenvalue weighted by atomic mass is 9.66. The number of amides is 3. The van der Waals surface area contributed by atoms with Gasteiger partial charge in [0.15, 0.2) is 0 Å². The molecule has 36 heavy (non-hydrogen) atoms. The summed E-state index contributed by atoms with van der Waals surface area (Å²) in [7, 11) is 0. The Hall–Kier alpha value is -2.53. The van der Waals surface area contributed by atoms with Crippen molar-refractivity contribution in [3.05, 3.63) is 30.3 Å². The zero-order valence-electron chi connectivity index (χ0n) is 20.9. The van der Waals surface area contributed by atoms with Gasteiger partial charge in [0.05, 0.1) is 43.3 Å². The first-order chi connectivity index (χ1) is 17.3. The molecule has 0 aromatic heterocycles. The van der Waals surface area contributed by atoms with Gasteiger partial charge in [0, 0.05) is 31.9 Å². The van der Waals surface area contributed by atoms with Gasteiger partial charge in [0.25, 0.3) is 0 Å². The smallest absolute Gasteiger partial charge is 0.245 e. The van der Waals surface area contributed by atoms with Crippen LogP contribution >= 0.6 is 0 Å². The Morgan fingerprint density at radius 3 is 2.58 bits per heavy atom.